The third kappa shape index (κ3) is 4.02. The summed E-state index contributed by atoms with van der Waals surface area (Å²) >= 11 is 0. The SMILES string of the molecule is CC#CC(=O)NCCc1ccc(OC)c(OC)c1. The van der Waals surface area contributed by atoms with Crippen molar-refractivity contribution in [2.24, 2.45) is 0 Å². The van der Waals surface area contributed by atoms with Crippen LogP contribution in [0.1, 0.15) is 12.5 Å². The van der Waals surface area contributed by atoms with Crippen LogP contribution in [0, 0.1) is 11.8 Å². The summed E-state index contributed by atoms with van der Waals surface area (Å²) in [5, 5.41) is 2.71. The first-order chi connectivity index (χ1) is 8.71. The van der Waals surface area contributed by atoms with E-state index in [0.29, 0.717) is 18.0 Å². The van der Waals surface area contributed by atoms with E-state index in [-0.39, 0.29) is 5.91 Å². The summed E-state index contributed by atoms with van der Waals surface area (Å²) in [6.07, 6.45) is 0.720. The maximum absolute atomic E-state index is 11.1. The van der Waals surface area contributed by atoms with Gasteiger partial charge in [-0.2, -0.15) is 0 Å². The van der Waals surface area contributed by atoms with Crippen molar-refractivity contribution in [3.8, 4) is 23.3 Å². The zero-order valence-electron chi connectivity index (χ0n) is 10.9. The molecule has 1 aromatic rings. The van der Waals surface area contributed by atoms with Gasteiger partial charge in [0.1, 0.15) is 0 Å². The van der Waals surface area contributed by atoms with Crippen LogP contribution in [0.15, 0.2) is 18.2 Å². The minimum atomic E-state index is -0.252. The number of ether oxygens (including phenoxy) is 2. The molecule has 0 aliphatic carbocycles. The highest BCUT2D eigenvalue weighted by Gasteiger charge is 2.04. The highest BCUT2D eigenvalue weighted by molar-refractivity contribution is 5.93. The quantitative estimate of drug-likeness (QED) is 0.800. The Morgan fingerprint density at radius 3 is 2.61 bits per heavy atom. The van der Waals surface area contributed by atoms with Gasteiger partial charge in [-0.15, -0.1) is 0 Å². The zero-order chi connectivity index (χ0) is 13.4. The number of hydrogen-bond acceptors (Lipinski definition) is 3. The van der Waals surface area contributed by atoms with Crippen LogP contribution < -0.4 is 14.8 Å². The van der Waals surface area contributed by atoms with Gasteiger partial charge in [-0.3, -0.25) is 4.79 Å². The Hall–Kier alpha value is -2.15. The first-order valence-electron chi connectivity index (χ1n) is 5.62. The number of hydrogen-bond donors (Lipinski definition) is 1. The lowest BCUT2D eigenvalue weighted by Gasteiger charge is -2.09. The summed E-state index contributed by atoms with van der Waals surface area (Å²) < 4.78 is 10.4. The Bertz CT molecular complexity index is 472. The molecule has 1 rings (SSSR count). The predicted octanol–water partition coefficient (Wildman–Crippen LogP) is 1.39. The lowest BCUT2D eigenvalue weighted by molar-refractivity contribution is -0.115. The number of rotatable bonds is 5. The van der Waals surface area contributed by atoms with Crippen LogP contribution in [0.2, 0.25) is 0 Å². The fourth-order valence-corrected chi connectivity index (χ4v) is 1.51. The molecular weight excluding hydrogens is 230 g/mol. The molecular formula is C14H17NO3. The number of nitrogens with one attached hydrogen (secondary N) is 1. The summed E-state index contributed by atoms with van der Waals surface area (Å²) in [4.78, 5) is 11.1. The first-order valence-corrected chi connectivity index (χ1v) is 5.62. The molecule has 1 N–H and O–H groups in total. The van der Waals surface area contributed by atoms with Crippen molar-refractivity contribution in [3.05, 3.63) is 23.8 Å². The second-order valence-corrected chi connectivity index (χ2v) is 3.57. The topological polar surface area (TPSA) is 47.6 Å². The summed E-state index contributed by atoms with van der Waals surface area (Å²) in [7, 11) is 3.20. The number of carbonyl (C=O) groups is 1. The fraction of sp³-hybridized carbons (Fsp3) is 0.357. The lowest BCUT2D eigenvalue weighted by atomic mass is 10.1. The molecule has 0 saturated heterocycles. The Labute approximate surface area is 107 Å². The molecule has 0 radical (unpaired) electrons. The molecule has 0 aliphatic rings. The lowest BCUT2D eigenvalue weighted by Crippen LogP contribution is -2.23. The van der Waals surface area contributed by atoms with Gasteiger partial charge >= 0.3 is 0 Å². The molecule has 96 valence electrons. The molecule has 0 heterocycles. The zero-order valence-corrected chi connectivity index (χ0v) is 10.9. The summed E-state index contributed by atoms with van der Waals surface area (Å²) in [6.45, 7) is 2.18. The molecule has 4 heteroatoms. The largest absolute Gasteiger partial charge is 0.493 e. The van der Waals surface area contributed by atoms with E-state index in [1.165, 1.54) is 0 Å². The molecule has 0 unspecified atom stereocenters. The fourth-order valence-electron chi connectivity index (χ4n) is 1.51. The average Bonchev–Trinajstić information content (AvgIpc) is 2.38. The molecule has 0 spiro atoms. The molecule has 0 atom stereocenters. The maximum atomic E-state index is 11.1. The van der Waals surface area contributed by atoms with E-state index in [4.69, 9.17) is 9.47 Å². The molecule has 18 heavy (non-hydrogen) atoms. The minimum absolute atomic E-state index is 0.252. The summed E-state index contributed by atoms with van der Waals surface area (Å²) in [5.74, 6) is 6.11. The van der Waals surface area contributed by atoms with Crippen LogP contribution in [0.4, 0.5) is 0 Å². The Kier molecular flexibility index (Phi) is 5.59. The monoisotopic (exact) mass is 247 g/mol. The minimum Gasteiger partial charge on any atom is -0.493 e. The molecule has 0 aliphatic heterocycles. The van der Waals surface area contributed by atoms with Crippen LogP contribution in [-0.2, 0) is 11.2 Å². The van der Waals surface area contributed by atoms with E-state index in [9.17, 15) is 4.79 Å². The van der Waals surface area contributed by atoms with Gasteiger partial charge in [-0.1, -0.05) is 12.0 Å². The van der Waals surface area contributed by atoms with E-state index in [1.807, 2.05) is 18.2 Å². The highest BCUT2D eigenvalue weighted by atomic mass is 16.5. The Morgan fingerprint density at radius 1 is 1.28 bits per heavy atom. The van der Waals surface area contributed by atoms with Crippen molar-refractivity contribution in [2.75, 3.05) is 20.8 Å². The van der Waals surface area contributed by atoms with Gasteiger partial charge in [-0.25, -0.2) is 0 Å². The van der Waals surface area contributed by atoms with Gasteiger partial charge in [0, 0.05) is 6.54 Å². The maximum Gasteiger partial charge on any atom is 0.295 e. The van der Waals surface area contributed by atoms with E-state index in [2.05, 4.69) is 17.2 Å². The Morgan fingerprint density at radius 2 is 2.00 bits per heavy atom. The van der Waals surface area contributed by atoms with Crippen LogP contribution >= 0.6 is 0 Å². The van der Waals surface area contributed by atoms with Crippen molar-refractivity contribution in [1.29, 1.82) is 0 Å². The number of methoxy groups -OCH3 is 2. The van der Waals surface area contributed by atoms with Crippen molar-refractivity contribution in [1.82, 2.24) is 5.32 Å². The molecule has 4 nitrogen and oxygen atoms in total. The second-order valence-electron chi connectivity index (χ2n) is 3.57. The van der Waals surface area contributed by atoms with Crippen LogP contribution in [0.25, 0.3) is 0 Å². The molecule has 0 aromatic heterocycles. The standard InChI is InChI=1S/C14H17NO3/c1-4-5-14(16)15-9-8-11-6-7-12(17-2)13(10-11)18-3/h6-7,10H,8-9H2,1-3H3,(H,15,16). The molecule has 1 aromatic carbocycles. The van der Waals surface area contributed by atoms with Gasteiger partial charge in [0.15, 0.2) is 11.5 Å². The van der Waals surface area contributed by atoms with Crippen LogP contribution in [0.5, 0.6) is 11.5 Å². The Balaban J connectivity index is 2.57. The smallest absolute Gasteiger partial charge is 0.295 e. The van der Waals surface area contributed by atoms with Gasteiger partial charge in [0.05, 0.1) is 14.2 Å². The molecule has 0 saturated carbocycles. The van der Waals surface area contributed by atoms with Crippen molar-refractivity contribution in [2.45, 2.75) is 13.3 Å². The van der Waals surface area contributed by atoms with Crippen LogP contribution in [-0.4, -0.2) is 26.7 Å². The van der Waals surface area contributed by atoms with E-state index >= 15 is 0 Å². The normalized spacial score (nSPS) is 9.06. The second kappa shape index (κ2) is 7.23. The summed E-state index contributed by atoms with van der Waals surface area (Å²) in [6, 6.07) is 5.69. The van der Waals surface area contributed by atoms with E-state index < -0.39 is 0 Å². The van der Waals surface area contributed by atoms with Gasteiger partial charge < -0.3 is 14.8 Å². The number of benzene rings is 1. The van der Waals surface area contributed by atoms with Crippen LogP contribution in [0.3, 0.4) is 0 Å². The van der Waals surface area contributed by atoms with E-state index in [0.717, 1.165) is 12.0 Å². The van der Waals surface area contributed by atoms with E-state index in [1.54, 1.807) is 21.1 Å². The number of carbonyl (C=O) groups excluding carboxylic acids is 1. The number of amides is 1. The predicted molar refractivity (Wildman–Crippen MR) is 69.7 cm³/mol. The van der Waals surface area contributed by atoms with Gasteiger partial charge in [-0.05, 0) is 37.0 Å². The highest BCUT2D eigenvalue weighted by Crippen LogP contribution is 2.27. The summed E-state index contributed by atoms with van der Waals surface area (Å²) in [5.41, 5.74) is 1.07. The van der Waals surface area contributed by atoms with Crippen molar-refractivity contribution < 1.29 is 14.3 Å². The van der Waals surface area contributed by atoms with Gasteiger partial charge in [0.2, 0.25) is 0 Å². The third-order valence-electron chi connectivity index (χ3n) is 2.39. The third-order valence-corrected chi connectivity index (χ3v) is 2.39. The van der Waals surface area contributed by atoms with Crippen molar-refractivity contribution in [3.63, 3.8) is 0 Å². The average molecular weight is 247 g/mol. The molecule has 0 bridgehead atoms. The first kappa shape index (κ1) is 13.9. The molecule has 1 amide bonds. The van der Waals surface area contributed by atoms with Crippen molar-refractivity contribution >= 4 is 5.91 Å². The van der Waals surface area contributed by atoms with Gasteiger partial charge in [0.25, 0.3) is 5.91 Å². The molecule has 0 fully saturated rings.